The normalized spacial score (nSPS) is 10.7. The van der Waals surface area contributed by atoms with Gasteiger partial charge in [0.1, 0.15) is 5.52 Å². The SMILES string of the molecule is COc1cc(-c2nc3cc(NC(=O)c4ccc(C)c([N+](=O)[O-])c4)ccc3o2)cc(OC)c1OC. The monoisotopic (exact) mass is 463 g/mol. The first-order valence-corrected chi connectivity index (χ1v) is 10.1. The minimum absolute atomic E-state index is 0.116. The van der Waals surface area contributed by atoms with Crippen molar-refractivity contribution in [2.24, 2.45) is 0 Å². The quantitative estimate of drug-likeness (QED) is 0.300. The van der Waals surface area contributed by atoms with Crippen LogP contribution in [0, 0.1) is 17.0 Å². The summed E-state index contributed by atoms with van der Waals surface area (Å²) in [5.74, 6) is 1.22. The fourth-order valence-corrected chi connectivity index (χ4v) is 3.48. The molecule has 0 saturated carbocycles. The molecule has 4 rings (SSSR count). The van der Waals surface area contributed by atoms with Crippen LogP contribution in [0.1, 0.15) is 15.9 Å². The number of aromatic nitrogens is 1. The molecule has 0 bridgehead atoms. The molecule has 0 saturated heterocycles. The number of nitrogens with zero attached hydrogens (tertiary/aromatic N) is 2. The van der Waals surface area contributed by atoms with E-state index in [2.05, 4.69) is 10.3 Å². The van der Waals surface area contributed by atoms with Gasteiger partial charge in [0.25, 0.3) is 11.6 Å². The van der Waals surface area contributed by atoms with Crippen LogP contribution in [0.2, 0.25) is 0 Å². The summed E-state index contributed by atoms with van der Waals surface area (Å²) in [6.45, 7) is 1.61. The summed E-state index contributed by atoms with van der Waals surface area (Å²) in [5, 5.41) is 13.9. The highest BCUT2D eigenvalue weighted by molar-refractivity contribution is 6.05. The number of methoxy groups -OCH3 is 3. The molecule has 1 aromatic heterocycles. The zero-order valence-electron chi connectivity index (χ0n) is 18.9. The van der Waals surface area contributed by atoms with Gasteiger partial charge in [0.15, 0.2) is 17.1 Å². The smallest absolute Gasteiger partial charge is 0.273 e. The van der Waals surface area contributed by atoms with Crippen molar-refractivity contribution in [3.05, 3.63) is 69.8 Å². The molecule has 4 aromatic rings. The third kappa shape index (κ3) is 4.20. The number of anilines is 1. The van der Waals surface area contributed by atoms with Gasteiger partial charge in [-0.3, -0.25) is 14.9 Å². The van der Waals surface area contributed by atoms with Gasteiger partial charge in [0.05, 0.1) is 26.3 Å². The lowest BCUT2D eigenvalue weighted by Crippen LogP contribution is -2.12. The number of hydrogen-bond donors (Lipinski definition) is 1. The molecule has 174 valence electrons. The van der Waals surface area contributed by atoms with Crippen LogP contribution in [0.5, 0.6) is 17.2 Å². The average molecular weight is 463 g/mol. The minimum Gasteiger partial charge on any atom is -0.493 e. The molecule has 0 spiro atoms. The molecule has 34 heavy (non-hydrogen) atoms. The van der Waals surface area contributed by atoms with Gasteiger partial charge in [0.2, 0.25) is 11.6 Å². The summed E-state index contributed by atoms with van der Waals surface area (Å²) in [6, 6.07) is 12.8. The Morgan fingerprint density at radius 3 is 2.32 bits per heavy atom. The maximum atomic E-state index is 12.6. The van der Waals surface area contributed by atoms with Crippen molar-refractivity contribution in [3.63, 3.8) is 0 Å². The summed E-state index contributed by atoms with van der Waals surface area (Å²) >= 11 is 0. The van der Waals surface area contributed by atoms with Crippen molar-refractivity contribution in [2.45, 2.75) is 6.92 Å². The Labute approximate surface area is 194 Å². The van der Waals surface area contributed by atoms with E-state index in [1.807, 2.05) is 0 Å². The standard InChI is InChI=1S/C24H21N3O7/c1-13-5-6-14(9-18(13)27(29)30)23(28)25-16-7-8-19-17(12-16)26-24(34-19)15-10-20(31-2)22(33-4)21(11-15)32-3/h5-12H,1-4H3,(H,25,28). The molecule has 3 aromatic carbocycles. The molecular formula is C24H21N3O7. The predicted molar refractivity (Wildman–Crippen MR) is 125 cm³/mol. The summed E-state index contributed by atoms with van der Waals surface area (Å²) in [6.07, 6.45) is 0. The van der Waals surface area contributed by atoms with E-state index in [-0.39, 0.29) is 11.3 Å². The second-order valence-electron chi connectivity index (χ2n) is 7.33. The van der Waals surface area contributed by atoms with Crippen molar-refractivity contribution < 1.29 is 28.3 Å². The zero-order chi connectivity index (χ0) is 24.4. The number of fused-ring (bicyclic) bond motifs is 1. The Balaban J connectivity index is 1.64. The predicted octanol–water partition coefficient (Wildman–Crippen LogP) is 4.99. The first-order valence-electron chi connectivity index (χ1n) is 10.1. The van der Waals surface area contributed by atoms with E-state index in [0.717, 1.165) is 0 Å². The fourth-order valence-electron chi connectivity index (χ4n) is 3.48. The molecule has 10 nitrogen and oxygen atoms in total. The number of hydrogen-bond acceptors (Lipinski definition) is 8. The van der Waals surface area contributed by atoms with Crippen LogP contribution in [0.25, 0.3) is 22.6 Å². The Hall–Kier alpha value is -4.60. The van der Waals surface area contributed by atoms with Crippen molar-refractivity contribution in [2.75, 3.05) is 26.6 Å². The van der Waals surface area contributed by atoms with Gasteiger partial charge in [-0.2, -0.15) is 0 Å². The second kappa shape index (κ2) is 9.10. The number of carbonyl (C=O) groups excluding carboxylic acids is 1. The number of carbonyl (C=O) groups is 1. The second-order valence-corrected chi connectivity index (χ2v) is 7.33. The van der Waals surface area contributed by atoms with Gasteiger partial charge in [-0.15, -0.1) is 0 Å². The highest BCUT2D eigenvalue weighted by Gasteiger charge is 2.18. The highest BCUT2D eigenvalue weighted by Crippen LogP contribution is 2.41. The zero-order valence-corrected chi connectivity index (χ0v) is 18.9. The molecule has 0 atom stereocenters. The van der Waals surface area contributed by atoms with Crippen LogP contribution < -0.4 is 19.5 Å². The molecule has 0 aliphatic heterocycles. The van der Waals surface area contributed by atoms with Gasteiger partial charge in [-0.1, -0.05) is 6.07 Å². The molecule has 0 unspecified atom stereocenters. The molecule has 1 amide bonds. The Morgan fingerprint density at radius 2 is 1.71 bits per heavy atom. The summed E-state index contributed by atoms with van der Waals surface area (Å²) in [5.41, 5.74) is 2.63. The molecule has 0 fully saturated rings. The Kier molecular flexibility index (Phi) is 6.05. The number of nitrogens with one attached hydrogen (secondary N) is 1. The van der Waals surface area contributed by atoms with Gasteiger partial charge in [-0.05, 0) is 43.3 Å². The topological polar surface area (TPSA) is 126 Å². The minimum atomic E-state index is -0.516. The third-order valence-corrected chi connectivity index (χ3v) is 5.23. The lowest BCUT2D eigenvalue weighted by Gasteiger charge is -2.12. The largest absolute Gasteiger partial charge is 0.493 e. The third-order valence-electron chi connectivity index (χ3n) is 5.23. The van der Waals surface area contributed by atoms with Crippen LogP contribution in [0.3, 0.4) is 0 Å². The van der Waals surface area contributed by atoms with Gasteiger partial charge < -0.3 is 23.9 Å². The van der Waals surface area contributed by atoms with Gasteiger partial charge >= 0.3 is 0 Å². The molecular weight excluding hydrogens is 442 g/mol. The number of nitro benzene ring substituents is 1. The molecule has 1 N–H and O–H groups in total. The van der Waals surface area contributed by atoms with Crippen LogP contribution in [-0.2, 0) is 0 Å². The number of oxazole rings is 1. The lowest BCUT2D eigenvalue weighted by molar-refractivity contribution is -0.385. The summed E-state index contributed by atoms with van der Waals surface area (Å²) in [7, 11) is 4.56. The van der Waals surface area contributed by atoms with Gasteiger partial charge in [-0.25, -0.2) is 4.98 Å². The van der Waals surface area contributed by atoms with Crippen molar-refractivity contribution in [1.82, 2.24) is 4.98 Å². The maximum absolute atomic E-state index is 12.6. The van der Waals surface area contributed by atoms with Gasteiger partial charge in [0, 0.05) is 28.4 Å². The lowest BCUT2D eigenvalue weighted by atomic mass is 10.1. The molecule has 0 radical (unpaired) electrons. The molecule has 10 heteroatoms. The maximum Gasteiger partial charge on any atom is 0.273 e. The van der Waals surface area contributed by atoms with Crippen LogP contribution in [0.15, 0.2) is 52.9 Å². The van der Waals surface area contributed by atoms with Crippen molar-refractivity contribution >= 4 is 28.4 Å². The van der Waals surface area contributed by atoms with Crippen LogP contribution in [0.4, 0.5) is 11.4 Å². The van der Waals surface area contributed by atoms with Crippen molar-refractivity contribution in [1.29, 1.82) is 0 Å². The van der Waals surface area contributed by atoms with Crippen LogP contribution in [-0.4, -0.2) is 37.1 Å². The van der Waals surface area contributed by atoms with Crippen LogP contribution >= 0.6 is 0 Å². The number of aryl methyl sites for hydroxylation is 1. The number of benzene rings is 3. The van der Waals surface area contributed by atoms with E-state index in [4.69, 9.17) is 18.6 Å². The Bertz CT molecular complexity index is 1390. The first-order chi connectivity index (χ1) is 16.3. The summed E-state index contributed by atoms with van der Waals surface area (Å²) in [4.78, 5) is 27.8. The Morgan fingerprint density at radius 1 is 1.00 bits per heavy atom. The van der Waals surface area contributed by atoms with E-state index >= 15 is 0 Å². The van der Waals surface area contributed by atoms with E-state index in [9.17, 15) is 14.9 Å². The fraction of sp³-hybridized carbons (Fsp3) is 0.167. The number of amides is 1. The van der Waals surface area contributed by atoms with E-state index in [0.29, 0.717) is 51.1 Å². The number of nitro groups is 1. The first kappa shape index (κ1) is 22.6. The molecule has 0 aliphatic rings. The summed E-state index contributed by atoms with van der Waals surface area (Å²) < 4.78 is 22.0. The number of rotatable bonds is 7. The van der Waals surface area contributed by atoms with E-state index in [1.165, 1.54) is 39.5 Å². The van der Waals surface area contributed by atoms with E-state index in [1.54, 1.807) is 37.3 Å². The number of ether oxygens (including phenoxy) is 3. The average Bonchev–Trinajstić information content (AvgIpc) is 3.26. The highest BCUT2D eigenvalue weighted by atomic mass is 16.6. The van der Waals surface area contributed by atoms with E-state index < -0.39 is 10.8 Å². The molecule has 1 heterocycles. The molecule has 0 aliphatic carbocycles. The van der Waals surface area contributed by atoms with Crippen molar-refractivity contribution in [3.8, 4) is 28.7 Å².